The largest absolute Gasteiger partial charge is 0.478 e. The normalized spacial score (nSPS) is 10.1. The number of nitrogens with two attached hydrogens (primary N) is 1. The van der Waals surface area contributed by atoms with Crippen molar-refractivity contribution in [2.75, 3.05) is 12.8 Å². The molecule has 2 rings (SSSR count). The van der Waals surface area contributed by atoms with Crippen molar-refractivity contribution >= 4 is 17.6 Å². The van der Waals surface area contributed by atoms with Gasteiger partial charge in [-0.25, -0.2) is 9.59 Å². The van der Waals surface area contributed by atoms with E-state index in [4.69, 9.17) is 10.8 Å². The van der Waals surface area contributed by atoms with Crippen LogP contribution >= 0.6 is 0 Å². The van der Waals surface area contributed by atoms with Crippen molar-refractivity contribution in [1.29, 1.82) is 0 Å². The molecule has 0 amide bonds. The van der Waals surface area contributed by atoms with Crippen LogP contribution < -0.4 is 5.73 Å². The van der Waals surface area contributed by atoms with Gasteiger partial charge in [0.2, 0.25) is 0 Å². The number of rotatable bonds is 3. The molecule has 2 aromatic carbocycles. The summed E-state index contributed by atoms with van der Waals surface area (Å²) in [5, 5.41) is 8.93. The molecule has 3 N–H and O–H groups in total. The summed E-state index contributed by atoms with van der Waals surface area (Å²) in [6, 6.07) is 11.5. The zero-order chi connectivity index (χ0) is 14.7. The molecule has 2 aromatic rings. The highest BCUT2D eigenvalue weighted by atomic mass is 16.5. The van der Waals surface area contributed by atoms with E-state index in [0.717, 1.165) is 11.1 Å². The van der Waals surface area contributed by atoms with Gasteiger partial charge in [-0.2, -0.15) is 0 Å². The second kappa shape index (κ2) is 5.44. The Kier molecular flexibility index (Phi) is 3.70. The minimum Gasteiger partial charge on any atom is -0.478 e. The number of hydrogen-bond donors (Lipinski definition) is 2. The van der Waals surface area contributed by atoms with Gasteiger partial charge in [-0.05, 0) is 35.4 Å². The predicted octanol–water partition coefficient (Wildman–Crippen LogP) is 2.42. The number of nitrogen functional groups attached to an aromatic ring is 1. The highest BCUT2D eigenvalue weighted by Crippen LogP contribution is 2.25. The molecule has 0 aromatic heterocycles. The average molecular weight is 271 g/mol. The molecule has 0 saturated carbocycles. The Balaban J connectivity index is 2.44. The van der Waals surface area contributed by atoms with Gasteiger partial charge in [0, 0.05) is 5.69 Å². The lowest BCUT2D eigenvalue weighted by Crippen LogP contribution is -2.03. The lowest BCUT2D eigenvalue weighted by atomic mass is 10.0. The number of ether oxygens (including phenoxy) is 1. The summed E-state index contributed by atoms with van der Waals surface area (Å²) in [7, 11) is 1.31. The second-order valence-electron chi connectivity index (χ2n) is 4.18. The van der Waals surface area contributed by atoms with Crippen molar-refractivity contribution in [1.82, 2.24) is 0 Å². The maximum Gasteiger partial charge on any atom is 0.337 e. The van der Waals surface area contributed by atoms with Crippen LogP contribution in [0.25, 0.3) is 11.1 Å². The molecule has 0 radical (unpaired) electrons. The summed E-state index contributed by atoms with van der Waals surface area (Å²) in [4.78, 5) is 22.4. The van der Waals surface area contributed by atoms with Crippen molar-refractivity contribution < 1.29 is 19.4 Å². The van der Waals surface area contributed by atoms with E-state index in [-0.39, 0.29) is 11.3 Å². The number of anilines is 1. The molecule has 0 aliphatic carbocycles. The summed E-state index contributed by atoms with van der Waals surface area (Å²) in [6.07, 6.45) is 0. The molecule has 0 saturated heterocycles. The first-order valence-electron chi connectivity index (χ1n) is 5.84. The van der Waals surface area contributed by atoms with Gasteiger partial charge in [0.1, 0.15) is 0 Å². The third-order valence-electron chi connectivity index (χ3n) is 2.90. The molecule has 5 nitrogen and oxygen atoms in total. The summed E-state index contributed by atoms with van der Waals surface area (Å²) < 4.78 is 4.66. The second-order valence-corrected chi connectivity index (χ2v) is 4.18. The molecular formula is C15H13NO4. The van der Waals surface area contributed by atoms with Crippen molar-refractivity contribution in [3.63, 3.8) is 0 Å². The van der Waals surface area contributed by atoms with Crippen LogP contribution in [0, 0.1) is 0 Å². The van der Waals surface area contributed by atoms with Crippen molar-refractivity contribution in [3.05, 3.63) is 53.6 Å². The SMILES string of the molecule is COC(=O)c1cccc(-c2ccc(C(=O)O)c(N)c2)c1. The van der Waals surface area contributed by atoms with Gasteiger partial charge in [0.25, 0.3) is 0 Å². The molecule has 0 bridgehead atoms. The molecular weight excluding hydrogens is 258 g/mol. The first-order valence-corrected chi connectivity index (χ1v) is 5.84. The van der Waals surface area contributed by atoms with Crippen LogP contribution in [0.2, 0.25) is 0 Å². The zero-order valence-electron chi connectivity index (χ0n) is 10.8. The van der Waals surface area contributed by atoms with E-state index in [9.17, 15) is 9.59 Å². The molecule has 0 aliphatic heterocycles. The Hall–Kier alpha value is -2.82. The summed E-state index contributed by atoms with van der Waals surface area (Å²) in [5.74, 6) is -1.50. The fraction of sp³-hybridized carbons (Fsp3) is 0.0667. The molecule has 0 heterocycles. The Labute approximate surface area is 115 Å². The maximum absolute atomic E-state index is 11.5. The van der Waals surface area contributed by atoms with Gasteiger partial charge in [-0.3, -0.25) is 0 Å². The number of methoxy groups -OCH3 is 1. The zero-order valence-corrected chi connectivity index (χ0v) is 10.8. The van der Waals surface area contributed by atoms with Gasteiger partial charge < -0.3 is 15.6 Å². The number of carbonyl (C=O) groups excluding carboxylic acids is 1. The lowest BCUT2D eigenvalue weighted by Gasteiger charge is -2.07. The molecule has 0 fully saturated rings. The quantitative estimate of drug-likeness (QED) is 0.661. The van der Waals surface area contributed by atoms with Crippen LogP contribution in [-0.4, -0.2) is 24.2 Å². The van der Waals surface area contributed by atoms with Gasteiger partial charge in [0.15, 0.2) is 0 Å². The highest BCUT2D eigenvalue weighted by molar-refractivity contribution is 5.95. The fourth-order valence-electron chi connectivity index (χ4n) is 1.88. The summed E-state index contributed by atoms with van der Waals surface area (Å²) in [5.41, 5.74) is 7.86. The number of aromatic carboxylic acids is 1. The molecule has 20 heavy (non-hydrogen) atoms. The molecule has 0 spiro atoms. The number of hydrogen-bond acceptors (Lipinski definition) is 4. The van der Waals surface area contributed by atoms with Crippen LogP contribution in [0.1, 0.15) is 20.7 Å². The van der Waals surface area contributed by atoms with Gasteiger partial charge in [-0.1, -0.05) is 18.2 Å². The fourth-order valence-corrected chi connectivity index (χ4v) is 1.88. The van der Waals surface area contributed by atoms with Crippen molar-refractivity contribution in [2.24, 2.45) is 0 Å². The predicted molar refractivity (Wildman–Crippen MR) is 74.6 cm³/mol. The van der Waals surface area contributed by atoms with Gasteiger partial charge in [-0.15, -0.1) is 0 Å². The number of carboxylic acids is 1. The third-order valence-corrected chi connectivity index (χ3v) is 2.90. The molecule has 102 valence electrons. The molecule has 0 unspecified atom stereocenters. The number of carbonyl (C=O) groups is 2. The van der Waals surface area contributed by atoms with Crippen LogP contribution in [0.4, 0.5) is 5.69 Å². The Bertz CT molecular complexity index is 679. The van der Waals surface area contributed by atoms with Crippen molar-refractivity contribution in [3.8, 4) is 11.1 Å². The average Bonchev–Trinajstić information content (AvgIpc) is 2.46. The number of esters is 1. The van der Waals surface area contributed by atoms with E-state index < -0.39 is 11.9 Å². The number of benzene rings is 2. The first kappa shape index (κ1) is 13.6. The lowest BCUT2D eigenvalue weighted by molar-refractivity contribution is 0.0600. The Morgan fingerprint density at radius 1 is 1.10 bits per heavy atom. The standard InChI is InChI=1S/C15H13NO4/c1-20-15(19)11-4-2-3-9(7-11)10-5-6-12(14(17)18)13(16)8-10/h2-8H,16H2,1H3,(H,17,18). The van der Waals surface area contributed by atoms with Crippen LogP contribution in [-0.2, 0) is 4.74 Å². The van der Waals surface area contributed by atoms with E-state index in [1.165, 1.54) is 13.2 Å². The monoisotopic (exact) mass is 271 g/mol. The number of carboxylic acid groups (broad SMARTS) is 1. The Morgan fingerprint density at radius 2 is 1.80 bits per heavy atom. The smallest absolute Gasteiger partial charge is 0.337 e. The Morgan fingerprint density at radius 3 is 2.40 bits per heavy atom. The minimum atomic E-state index is -1.07. The maximum atomic E-state index is 11.5. The van der Waals surface area contributed by atoms with E-state index in [1.54, 1.807) is 30.3 Å². The topological polar surface area (TPSA) is 89.6 Å². The molecule has 0 atom stereocenters. The van der Waals surface area contributed by atoms with E-state index in [1.807, 2.05) is 6.07 Å². The van der Waals surface area contributed by atoms with E-state index in [0.29, 0.717) is 5.56 Å². The summed E-state index contributed by atoms with van der Waals surface area (Å²) in [6.45, 7) is 0. The van der Waals surface area contributed by atoms with Crippen molar-refractivity contribution in [2.45, 2.75) is 0 Å². The van der Waals surface area contributed by atoms with E-state index in [2.05, 4.69) is 4.74 Å². The van der Waals surface area contributed by atoms with Crippen LogP contribution in [0.15, 0.2) is 42.5 Å². The van der Waals surface area contributed by atoms with Gasteiger partial charge in [0.05, 0.1) is 18.2 Å². The first-order chi connectivity index (χ1) is 9.52. The molecule has 0 aliphatic rings. The van der Waals surface area contributed by atoms with Gasteiger partial charge >= 0.3 is 11.9 Å². The molecule has 5 heteroatoms. The third kappa shape index (κ3) is 2.61. The van der Waals surface area contributed by atoms with Crippen LogP contribution in [0.5, 0.6) is 0 Å². The minimum absolute atomic E-state index is 0.0536. The summed E-state index contributed by atoms with van der Waals surface area (Å²) >= 11 is 0. The van der Waals surface area contributed by atoms with E-state index >= 15 is 0 Å². The van der Waals surface area contributed by atoms with Crippen LogP contribution in [0.3, 0.4) is 0 Å². The highest BCUT2D eigenvalue weighted by Gasteiger charge is 2.10.